The molecular weight excluding hydrogens is 349 g/mol. The number of carbonyl (C=O) groups excluding carboxylic acids is 1. The van der Waals surface area contributed by atoms with E-state index >= 15 is 0 Å². The highest BCUT2D eigenvalue weighted by Gasteiger charge is 2.22. The number of ether oxygens (including phenoxy) is 1. The first-order valence-corrected chi connectivity index (χ1v) is 8.45. The molecule has 0 aliphatic carbocycles. The molecule has 136 valence electrons. The van der Waals surface area contributed by atoms with E-state index in [4.69, 9.17) is 9.15 Å². The van der Waals surface area contributed by atoms with Crippen molar-refractivity contribution in [3.05, 3.63) is 65.8 Å². The van der Waals surface area contributed by atoms with Gasteiger partial charge >= 0.3 is 5.97 Å². The first-order chi connectivity index (χ1) is 13.1. The fourth-order valence-electron chi connectivity index (χ4n) is 2.97. The lowest BCUT2D eigenvalue weighted by Gasteiger charge is -2.07. The van der Waals surface area contributed by atoms with Crippen molar-refractivity contribution >= 4 is 17.0 Å². The van der Waals surface area contributed by atoms with E-state index in [1.54, 1.807) is 48.9 Å². The van der Waals surface area contributed by atoms with Gasteiger partial charge in [0.05, 0.1) is 35.2 Å². The Balaban J connectivity index is 2.01. The quantitative estimate of drug-likeness (QED) is 0.504. The standard InChI is InChI=1S/C20H16FN3O3/c1-3-26-20(25)15-11-16(17-5-4-10-27-17)22-19-18(15)12(2)23-24(19)14-8-6-13(21)7-9-14/h4-11H,3H2,1-2H3. The zero-order valence-corrected chi connectivity index (χ0v) is 14.8. The maximum Gasteiger partial charge on any atom is 0.339 e. The molecule has 0 amide bonds. The van der Waals surface area contributed by atoms with Crippen LogP contribution in [0.5, 0.6) is 0 Å². The SMILES string of the molecule is CCOC(=O)c1cc(-c2ccco2)nc2c1c(C)nn2-c1ccc(F)cc1. The highest BCUT2D eigenvalue weighted by molar-refractivity contribution is 6.05. The second-order valence-corrected chi connectivity index (χ2v) is 5.93. The van der Waals surface area contributed by atoms with Crippen molar-refractivity contribution in [3.63, 3.8) is 0 Å². The summed E-state index contributed by atoms with van der Waals surface area (Å²) in [6.45, 7) is 3.79. The molecule has 0 radical (unpaired) electrons. The van der Waals surface area contributed by atoms with E-state index in [1.807, 2.05) is 0 Å². The van der Waals surface area contributed by atoms with E-state index < -0.39 is 5.97 Å². The Bertz CT molecular complexity index is 1120. The number of hydrogen-bond donors (Lipinski definition) is 0. The van der Waals surface area contributed by atoms with Gasteiger partial charge in [-0.3, -0.25) is 0 Å². The van der Waals surface area contributed by atoms with Gasteiger partial charge in [-0.15, -0.1) is 0 Å². The predicted octanol–water partition coefficient (Wildman–Crippen LogP) is 4.30. The summed E-state index contributed by atoms with van der Waals surface area (Å²) in [5.41, 5.74) is 2.57. The Hall–Kier alpha value is -3.48. The van der Waals surface area contributed by atoms with Crippen molar-refractivity contribution in [3.8, 4) is 17.1 Å². The van der Waals surface area contributed by atoms with E-state index in [1.165, 1.54) is 18.4 Å². The van der Waals surface area contributed by atoms with Crippen LogP contribution in [0.4, 0.5) is 4.39 Å². The molecule has 0 aliphatic rings. The van der Waals surface area contributed by atoms with Crippen LogP contribution in [0.25, 0.3) is 28.2 Å². The Labute approximate surface area is 154 Å². The lowest BCUT2D eigenvalue weighted by atomic mass is 10.1. The van der Waals surface area contributed by atoms with Gasteiger partial charge in [0.2, 0.25) is 0 Å². The summed E-state index contributed by atoms with van der Waals surface area (Å²) in [5, 5.41) is 5.10. The van der Waals surface area contributed by atoms with Crippen LogP contribution in [0, 0.1) is 12.7 Å². The normalized spacial score (nSPS) is 11.1. The van der Waals surface area contributed by atoms with Crippen molar-refractivity contribution in [2.45, 2.75) is 13.8 Å². The summed E-state index contributed by atoms with van der Waals surface area (Å²) in [7, 11) is 0. The van der Waals surface area contributed by atoms with Crippen LogP contribution in [-0.4, -0.2) is 27.3 Å². The minimum absolute atomic E-state index is 0.254. The molecule has 0 unspecified atom stereocenters. The fourth-order valence-corrected chi connectivity index (χ4v) is 2.97. The monoisotopic (exact) mass is 365 g/mol. The maximum absolute atomic E-state index is 13.3. The second kappa shape index (κ2) is 6.68. The number of aryl methyl sites for hydroxylation is 1. The fraction of sp³-hybridized carbons (Fsp3) is 0.150. The molecule has 6 nitrogen and oxygen atoms in total. The highest BCUT2D eigenvalue weighted by Crippen LogP contribution is 2.29. The molecule has 0 aliphatic heterocycles. The number of hydrogen-bond acceptors (Lipinski definition) is 5. The van der Waals surface area contributed by atoms with E-state index in [-0.39, 0.29) is 12.4 Å². The van der Waals surface area contributed by atoms with Crippen LogP contribution in [0.3, 0.4) is 0 Å². The number of nitrogens with zero attached hydrogens (tertiary/aromatic N) is 3. The van der Waals surface area contributed by atoms with Gasteiger partial charge in [-0.1, -0.05) is 0 Å². The molecular formula is C20H16FN3O3. The first kappa shape index (κ1) is 17.0. The average Bonchev–Trinajstić information content (AvgIpc) is 3.31. The van der Waals surface area contributed by atoms with Gasteiger partial charge < -0.3 is 9.15 Å². The largest absolute Gasteiger partial charge is 0.463 e. The number of rotatable bonds is 4. The Kier molecular flexibility index (Phi) is 4.19. The van der Waals surface area contributed by atoms with Gasteiger partial charge in [-0.25, -0.2) is 18.9 Å². The molecule has 0 spiro atoms. The summed E-state index contributed by atoms with van der Waals surface area (Å²) in [6.07, 6.45) is 1.54. The minimum atomic E-state index is -0.459. The van der Waals surface area contributed by atoms with E-state index in [2.05, 4.69) is 10.1 Å². The van der Waals surface area contributed by atoms with Crippen LogP contribution >= 0.6 is 0 Å². The number of esters is 1. The maximum atomic E-state index is 13.3. The molecule has 3 heterocycles. The van der Waals surface area contributed by atoms with Crippen molar-refractivity contribution in [2.24, 2.45) is 0 Å². The summed E-state index contributed by atoms with van der Waals surface area (Å²) < 4.78 is 25.5. The van der Waals surface area contributed by atoms with Crippen molar-refractivity contribution in [1.82, 2.24) is 14.8 Å². The lowest BCUT2D eigenvalue weighted by Crippen LogP contribution is -2.07. The molecule has 1 aromatic carbocycles. The Morgan fingerprint density at radius 3 is 2.70 bits per heavy atom. The Morgan fingerprint density at radius 2 is 2.04 bits per heavy atom. The number of benzene rings is 1. The number of pyridine rings is 1. The van der Waals surface area contributed by atoms with Crippen molar-refractivity contribution in [2.75, 3.05) is 6.61 Å². The zero-order valence-electron chi connectivity index (χ0n) is 14.8. The topological polar surface area (TPSA) is 70.2 Å². The zero-order chi connectivity index (χ0) is 19.0. The molecule has 0 fully saturated rings. The summed E-state index contributed by atoms with van der Waals surface area (Å²) in [6, 6.07) is 11.0. The molecule has 7 heteroatoms. The van der Waals surface area contributed by atoms with Gasteiger partial charge in [-0.05, 0) is 56.3 Å². The predicted molar refractivity (Wildman–Crippen MR) is 97.2 cm³/mol. The molecule has 27 heavy (non-hydrogen) atoms. The molecule has 3 aromatic heterocycles. The van der Waals surface area contributed by atoms with Gasteiger partial charge in [0.1, 0.15) is 11.5 Å². The van der Waals surface area contributed by atoms with Crippen LogP contribution < -0.4 is 0 Å². The molecule has 0 atom stereocenters. The summed E-state index contributed by atoms with van der Waals surface area (Å²) in [5.74, 6) is -0.283. The van der Waals surface area contributed by atoms with Gasteiger partial charge in [-0.2, -0.15) is 5.10 Å². The highest BCUT2D eigenvalue weighted by atomic mass is 19.1. The number of furan rings is 1. The van der Waals surface area contributed by atoms with E-state index in [0.29, 0.717) is 39.4 Å². The third-order valence-corrected chi connectivity index (χ3v) is 4.15. The van der Waals surface area contributed by atoms with Gasteiger partial charge in [0.25, 0.3) is 0 Å². The second-order valence-electron chi connectivity index (χ2n) is 5.93. The number of halogens is 1. The van der Waals surface area contributed by atoms with Crippen molar-refractivity contribution in [1.29, 1.82) is 0 Å². The third-order valence-electron chi connectivity index (χ3n) is 4.15. The third kappa shape index (κ3) is 2.97. The molecule has 0 saturated carbocycles. The van der Waals surface area contributed by atoms with Crippen LogP contribution in [0.15, 0.2) is 53.1 Å². The number of aromatic nitrogens is 3. The lowest BCUT2D eigenvalue weighted by molar-refractivity contribution is 0.0528. The molecule has 4 aromatic rings. The van der Waals surface area contributed by atoms with Crippen molar-refractivity contribution < 1.29 is 18.3 Å². The van der Waals surface area contributed by atoms with Crippen LogP contribution in [0.1, 0.15) is 23.0 Å². The van der Waals surface area contributed by atoms with Crippen LogP contribution in [0.2, 0.25) is 0 Å². The average molecular weight is 365 g/mol. The summed E-state index contributed by atoms with van der Waals surface area (Å²) >= 11 is 0. The van der Waals surface area contributed by atoms with Crippen LogP contribution in [-0.2, 0) is 4.74 Å². The Morgan fingerprint density at radius 1 is 1.26 bits per heavy atom. The molecule has 0 bridgehead atoms. The smallest absolute Gasteiger partial charge is 0.339 e. The van der Waals surface area contributed by atoms with E-state index in [0.717, 1.165) is 0 Å². The number of carbonyl (C=O) groups is 1. The minimum Gasteiger partial charge on any atom is -0.463 e. The van der Waals surface area contributed by atoms with Gasteiger partial charge in [0, 0.05) is 0 Å². The molecule has 4 rings (SSSR count). The molecule has 0 saturated heterocycles. The van der Waals surface area contributed by atoms with Gasteiger partial charge in [0.15, 0.2) is 11.4 Å². The number of fused-ring (bicyclic) bond motifs is 1. The summed E-state index contributed by atoms with van der Waals surface area (Å²) in [4.78, 5) is 17.2. The first-order valence-electron chi connectivity index (χ1n) is 8.45. The van der Waals surface area contributed by atoms with E-state index in [9.17, 15) is 9.18 Å². The molecule has 0 N–H and O–H groups in total.